The lowest BCUT2D eigenvalue weighted by Gasteiger charge is -2.03. The van der Waals surface area contributed by atoms with Gasteiger partial charge in [-0.1, -0.05) is 18.5 Å². The van der Waals surface area contributed by atoms with E-state index in [0.29, 0.717) is 5.15 Å². The molecule has 1 rings (SSSR count). The largest absolute Gasteiger partial charge is 0.352 e. The Morgan fingerprint density at radius 1 is 1.80 bits per heavy atom. The van der Waals surface area contributed by atoms with Gasteiger partial charge in [0, 0.05) is 12.2 Å². The molecule has 3 N–H and O–H groups in total. The zero-order valence-electron chi connectivity index (χ0n) is 5.89. The van der Waals surface area contributed by atoms with E-state index in [2.05, 4.69) is 4.98 Å². The molecular formula is C7H11ClN2. The maximum atomic E-state index is 5.73. The Hall–Kier alpha value is -0.470. The predicted octanol–water partition coefficient (Wildman–Crippen LogP) is 2.08. The Bertz CT molecular complexity index is 207. The molecule has 1 heterocycles. The lowest BCUT2D eigenvalue weighted by atomic mass is 10.1. The molecule has 0 saturated carbocycles. The van der Waals surface area contributed by atoms with E-state index in [-0.39, 0.29) is 6.04 Å². The second-order valence-corrected chi connectivity index (χ2v) is 2.70. The molecule has 3 heteroatoms. The van der Waals surface area contributed by atoms with E-state index < -0.39 is 0 Å². The molecular weight excluding hydrogens is 148 g/mol. The van der Waals surface area contributed by atoms with Crippen molar-refractivity contribution in [2.75, 3.05) is 0 Å². The van der Waals surface area contributed by atoms with Gasteiger partial charge in [-0.2, -0.15) is 0 Å². The van der Waals surface area contributed by atoms with E-state index in [1.807, 2.05) is 19.2 Å². The molecule has 10 heavy (non-hydrogen) atoms. The number of hydrogen-bond acceptors (Lipinski definition) is 1. The molecule has 0 fully saturated rings. The lowest BCUT2D eigenvalue weighted by molar-refractivity contribution is 0.700. The molecule has 0 radical (unpaired) electrons. The van der Waals surface area contributed by atoms with Crippen LogP contribution >= 0.6 is 11.6 Å². The van der Waals surface area contributed by atoms with Crippen LogP contribution in [0.15, 0.2) is 12.3 Å². The van der Waals surface area contributed by atoms with E-state index in [4.69, 9.17) is 17.3 Å². The normalized spacial score (nSPS) is 13.5. The molecule has 0 aliphatic rings. The monoisotopic (exact) mass is 158 g/mol. The first kappa shape index (κ1) is 7.63. The van der Waals surface area contributed by atoms with Crippen LogP contribution in [0.4, 0.5) is 0 Å². The van der Waals surface area contributed by atoms with E-state index >= 15 is 0 Å². The zero-order valence-corrected chi connectivity index (χ0v) is 6.65. The summed E-state index contributed by atoms with van der Waals surface area (Å²) in [6, 6.07) is 1.97. The minimum Gasteiger partial charge on any atom is -0.352 e. The van der Waals surface area contributed by atoms with Crippen molar-refractivity contribution in [3.63, 3.8) is 0 Å². The number of halogens is 1. The van der Waals surface area contributed by atoms with Crippen LogP contribution in [0, 0.1) is 0 Å². The fourth-order valence-electron chi connectivity index (χ4n) is 0.832. The van der Waals surface area contributed by atoms with E-state index in [0.717, 1.165) is 12.0 Å². The molecule has 1 aromatic rings. The molecule has 0 amide bonds. The van der Waals surface area contributed by atoms with Gasteiger partial charge in [-0.3, -0.25) is 0 Å². The van der Waals surface area contributed by atoms with Gasteiger partial charge in [-0.05, 0) is 18.1 Å². The summed E-state index contributed by atoms with van der Waals surface area (Å²) < 4.78 is 0. The first-order valence-electron chi connectivity index (χ1n) is 3.33. The second-order valence-electron chi connectivity index (χ2n) is 2.30. The summed E-state index contributed by atoms with van der Waals surface area (Å²) in [6.07, 6.45) is 2.78. The van der Waals surface area contributed by atoms with Crippen LogP contribution in [0.1, 0.15) is 24.9 Å². The molecule has 0 aliphatic heterocycles. The molecule has 0 spiro atoms. The summed E-state index contributed by atoms with van der Waals surface area (Å²) in [5.41, 5.74) is 6.81. The summed E-state index contributed by atoms with van der Waals surface area (Å²) in [5, 5.41) is 0.652. The maximum absolute atomic E-state index is 5.73. The van der Waals surface area contributed by atoms with Crippen molar-refractivity contribution in [3.05, 3.63) is 23.0 Å². The SMILES string of the molecule is CC[C@H](N)c1c[nH]c(Cl)c1. The van der Waals surface area contributed by atoms with Gasteiger partial charge in [0.15, 0.2) is 0 Å². The highest BCUT2D eigenvalue weighted by Crippen LogP contribution is 2.16. The highest BCUT2D eigenvalue weighted by atomic mass is 35.5. The molecule has 0 unspecified atom stereocenters. The van der Waals surface area contributed by atoms with Gasteiger partial charge < -0.3 is 10.7 Å². The van der Waals surface area contributed by atoms with Crippen LogP contribution in [-0.2, 0) is 0 Å². The first-order chi connectivity index (χ1) is 4.74. The van der Waals surface area contributed by atoms with Gasteiger partial charge in [0.25, 0.3) is 0 Å². The zero-order chi connectivity index (χ0) is 7.56. The smallest absolute Gasteiger partial charge is 0.106 e. The molecule has 1 atom stereocenters. The van der Waals surface area contributed by atoms with Crippen molar-refractivity contribution >= 4 is 11.6 Å². The van der Waals surface area contributed by atoms with E-state index in [1.54, 1.807) is 0 Å². The first-order valence-corrected chi connectivity index (χ1v) is 3.71. The molecule has 2 nitrogen and oxygen atoms in total. The molecule has 0 bridgehead atoms. The summed E-state index contributed by atoms with van der Waals surface area (Å²) >= 11 is 5.65. The second kappa shape index (κ2) is 3.08. The average molecular weight is 159 g/mol. The molecule has 56 valence electrons. The summed E-state index contributed by atoms with van der Waals surface area (Å²) in [6.45, 7) is 2.05. The minimum absolute atomic E-state index is 0.115. The highest BCUT2D eigenvalue weighted by molar-refractivity contribution is 6.29. The fraction of sp³-hybridized carbons (Fsp3) is 0.429. The Morgan fingerprint density at radius 3 is 2.90 bits per heavy atom. The quantitative estimate of drug-likeness (QED) is 0.680. The van der Waals surface area contributed by atoms with Crippen LogP contribution < -0.4 is 5.73 Å². The number of aromatic amines is 1. The number of hydrogen-bond donors (Lipinski definition) is 2. The van der Waals surface area contributed by atoms with Gasteiger partial charge in [-0.25, -0.2) is 0 Å². The van der Waals surface area contributed by atoms with Crippen molar-refractivity contribution in [1.82, 2.24) is 4.98 Å². The van der Waals surface area contributed by atoms with E-state index in [1.165, 1.54) is 0 Å². The van der Waals surface area contributed by atoms with Gasteiger partial charge in [0.05, 0.1) is 0 Å². The number of H-pyrrole nitrogens is 1. The average Bonchev–Trinajstić information content (AvgIpc) is 2.34. The van der Waals surface area contributed by atoms with Gasteiger partial charge >= 0.3 is 0 Å². The van der Waals surface area contributed by atoms with Gasteiger partial charge in [0.1, 0.15) is 5.15 Å². The fourth-order valence-corrected chi connectivity index (χ4v) is 1.01. The van der Waals surface area contributed by atoms with Crippen LogP contribution in [0.25, 0.3) is 0 Å². The van der Waals surface area contributed by atoms with E-state index in [9.17, 15) is 0 Å². The van der Waals surface area contributed by atoms with Crippen LogP contribution in [-0.4, -0.2) is 4.98 Å². The third kappa shape index (κ3) is 1.52. The van der Waals surface area contributed by atoms with Crippen LogP contribution in [0.5, 0.6) is 0 Å². The third-order valence-corrected chi connectivity index (χ3v) is 1.76. The van der Waals surface area contributed by atoms with Gasteiger partial charge in [-0.15, -0.1) is 0 Å². The van der Waals surface area contributed by atoms with Crippen molar-refractivity contribution < 1.29 is 0 Å². The predicted molar refractivity (Wildman–Crippen MR) is 43.0 cm³/mol. The topological polar surface area (TPSA) is 41.8 Å². The third-order valence-electron chi connectivity index (χ3n) is 1.54. The van der Waals surface area contributed by atoms with Crippen molar-refractivity contribution in [2.24, 2.45) is 5.73 Å². The number of rotatable bonds is 2. The standard InChI is InChI=1S/C7H11ClN2/c1-2-6(9)5-3-7(8)10-4-5/h3-4,6,10H,2,9H2,1H3/t6-/m0/s1. The number of aromatic nitrogens is 1. The summed E-state index contributed by atoms with van der Waals surface area (Å²) in [5.74, 6) is 0. The Balaban J connectivity index is 2.74. The van der Waals surface area contributed by atoms with Crippen molar-refractivity contribution in [3.8, 4) is 0 Å². The van der Waals surface area contributed by atoms with Crippen LogP contribution in [0.2, 0.25) is 5.15 Å². The van der Waals surface area contributed by atoms with Crippen molar-refractivity contribution in [2.45, 2.75) is 19.4 Å². The highest BCUT2D eigenvalue weighted by Gasteiger charge is 2.03. The summed E-state index contributed by atoms with van der Waals surface area (Å²) in [7, 11) is 0. The van der Waals surface area contributed by atoms with Crippen LogP contribution in [0.3, 0.4) is 0 Å². The molecule has 1 aromatic heterocycles. The Kier molecular flexibility index (Phi) is 2.35. The molecule has 0 saturated heterocycles. The molecule has 0 aliphatic carbocycles. The summed E-state index contributed by atoms with van der Waals surface area (Å²) in [4.78, 5) is 2.87. The lowest BCUT2D eigenvalue weighted by Crippen LogP contribution is -2.06. The molecule has 0 aromatic carbocycles. The van der Waals surface area contributed by atoms with Crippen molar-refractivity contribution in [1.29, 1.82) is 0 Å². The minimum atomic E-state index is 0.115. The maximum Gasteiger partial charge on any atom is 0.106 e. The Labute approximate surface area is 65.4 Å². The Morgan fingerprint density at radius 2 is 2.50 bits per heavy atom. The van der Waals surface area contributed by atoms with Gasteiger partial charge in [0.2, 0.25) is 0 Å². The number of nitrogens with two attached hydrogens (primary N) is 1. The number of nitrogens with one attached hydrogen (secondary N) is 1.